The Morgan fingerprint density at radius 1 is 1.08 bits per heavy atom. The number of nitrogens with zero attached hydrogens (tertiary/aromatic N) is 3. The molecule has 0 unspecified atom stereocenters. The Kier molecular flexibility index (Phi) is 6.36. The Bertz CT molecular complexity index is 1340. The van der Waals surface area contributed by atoms with E-state index >= 15 is 0 Å². The van der Waals surface area contributed by atoms with E-state index in [1.165, 1.54) is 11.8 Å². The van der Waals surface area contributed by atoms with E-state index in [9.17, 15) is 4.79 Å². The molecular weight excluding hydrogens is 468 g/mol. The Morgan fingerprint density at radius 2 is 1.86 bits per heavy atom. The maximum Gasteiger partial charge on any atom is 0.287 e. The van der Waals surface area contributed by atoms with E-state index in [2.05, 4.69) is 38.6 Å². The van der Waals surface area contributed by atoms with E-state index in [0.717, 1.165) is 37.1 Å². The van der Waals surface area contributed by atoms with Crippen molar-refractivity contribution in [3.05, 3.63) is 95.8 Å². The van der Waals surface area contributed by atoms with Crippen LogP contribution in [-0.2, 0) is 16.7 Å². The highest BCUT2D eigenvalue weighted by Gasteiger charge is 2.54. The molecule has 37 heavy (non-hydrogen) atoms. The van der Waals surface area contributed by atoms with Crippen LogP contribution in [0.1, 0.15) is 53.4 Å². The summed E-state index contributed by atoms with van der Waals surface area (Å²) in [5.41, 5.74) is 3.15. The molecular formula is C29H30N4O4. The highest BCUT2D eigenvalue weighted by molar-refractivity contribution is 5.91. The van der Waals surface area contributed by atoms with Gasteiger partial charge in [0.2, 0.25) is 11.7 Å². The van der Waals surface area contributed by atoms with Gasteiger partial charge >= 0.3 is 0 Å². The average Bonchev–Trinajstić information content (AvgIpc) is 3.68. The molecule has 0 radical (unpaired) electrons. The first kappa shape index (κ1) is 23.6. The number of furan rings is 1. The van der Waals surface area contributed by atoms with E-state index in [0.29, 0.717) is 30.6 Å². The van der Waals surface area contributed by atoms with Gasteiger partial charge in [0.15, 0.2) is 5.76 Å². The van der Waals surface area contributed by atoms with Crippen molar-refractivity contribution in [1.29, 1.82) is 0 Å². The standard InChI is InChI=1S/C29H30N4O4/c1-2-35-26-25(31-28(34)23-13-8-18-36-23)21-11-6-7-12-22(21)29(26)14-16-33(17-15-29)19-24-30-27(32-37-24)20-9-4-3-5-10-20/h3-13,18,25-26H,2,14-17,19H2,1H3,(H,31,34)/t25-,26+/m1/s1. The van der Waals surface area contributed by atoms with E-state index in [1.807, 2.05) is 43.3 Å². The molecule has 3 heterocycles. The summed E-state index contributed by atoms with van der Waals surface area (Å²) < 4.78 is 17.3. The quantitative estimate of drug-likeness (QED) is 0.393. The topological polar surface area (TPSA) is 93.6 Å². The van der Waals surface area contributed by atoms with E-state index in [1.54, 1.807) is 12.1 Å². The molecule has 2 atom stereocenters. The zero-order chi connectivity index (χ0) is 25.2. The molecule has 6 rings (SSSR count). The van der Waals surface area contributed by atoms with Gasteiger partial charge in [0.05, 0.1) is 25.0 Å². The molecule has 1 spiro atoms. The predicted molar refractivity (Wildman–Crippen MR) is 137 cm³/mol. The Balaban J connectivity index is 1.21. The van der Waals surface area contributed by atoms with E-state index in [4.69, 9.17) is 13.7 Å². The minimum Gasteiger partial charge on any atom is -0.459 e. The van der Waals surface area contributed by atoms with Crippen LogP contribution in [0.5, 0.6) is 0 Å². The van der Waals surface area contributed by atoms with Crippen LogP contribution in [0.3, 0.4) is 0 Å². The first-order chi connectivity index (χ1) is 18.2. The van der Waals surface area contributed by atoms with Crippen LogP contribution >= 0.6 is 0 Å². The molecule has 1 fully saturated rings. The number of benzene rings is 2. The number of hydrogen-bond acceptors (Lipinski definition) is 7. The number of ether oxygens (including phenoxy) is 1. The molecule has 0 bridgehead atoms. The Morgan fingerprint density at radius 3 is 2.62 bits per heavy atom. The molecule has 1 N–H and O–H groups in total. The molecule has 4 aromatic rings. The molecule has 2 aromatic heterocycles. The summed E-state index contributed by atoms with van der Waals surface area (Å²) in [6, 6.07) is 21.4. The molecule has 2 aromatic carbocycles. The summed E-state index contributed by atoms with van der Waals surface area (Å²) in [7, 11) is 0. The SMILES string of the molecule is CCO[C@H]1[C@H](NC(=O)c2ccco2)c2ccccc2C12CCN(Cc1nc(-c3ccccc3)no1)CC2. The third-order valence-corrected chi connectivity index (χ3v) is 7.66. The number of amides is 1. The van der Waals surface area contributed by atoms with Gasteiger partial charge < -0.3 is 19.0 Å². The molecule has 190 valence electrons. The van der Waals surface area contributed by atoms with Gasteiger partial charge in [-0.1, -0.05) is 59.8 Å². The van der Waals surface area contributed by atoms with Gasteiger partial charge in [-0.3, -0.25) is 9.69 Å². The lowest BCUT2D eigenvalue weighted by atomic mass is 9.72. The highest BCUT2D eigenvalue weighted by atomic mass is 16.5. The zero-order valence-electron chi connectivity index (χ0n) is 20.8. The van der Waals surface area contributed by atoms with Crippen LogP contribution in [0.25, 0.3) is 11.4 Å². The number of likely N-dealkylation sites (tertiary alicyclic amines) is 1. The van der Waals surface area contributed by atoms with Gasteiger partial charge in [-0.05, 0) is 56.1 Å². The molecule has 1 amide bonds. The molecule has 8 nitrogen and oxygen atoms in total. The lowest BCUT2D eigenvalue weighted by Gasteiger charge is -2.44. The van der Waals surface area contributed by atoms with Crippen LogP contribution in [0.15, 0.2) is 81.9 Å². The van der Waals surface area contributed by atoms with Crippen LogP contribution < -0.4 is 5.32 Å². The van der Waals surface area contributed by atoms with Crippen molar-refractivity contribution < 1.29 is 18.5 Å². The lowest BCUT2D eigenvalue weighted by Crippen LogP contribution is -2.50. The number of aromatic nitrogens is 2. The number of rotatable bonds is 7. The first-order valence-corrected chi connectivity index (χ1v) is 12.8. The van der Waals surface area contributed by atoms with Gasteiger partial charge in [0, 0.05) is 17.6 Å². The number of piperidine rings is 1. The van der Waals surface area contributed by atoms with Crippen LogP contribution in [-0.4, -0.2) is 46.7 Å². The Labute approximate surface area is 215 Å². The van der Waals surface area contributed by atoms with Gasteiger partial charge in [0.25, 0.3) is 5.91 Å². The lowest BCUT2D eigenvalue weighted by molar-refractivity contribution is -0.0343. The van der Waals surface area contributed by atoms with Crippen LogP contribution in [0.4, 0.5) is 0 Å². The summed E-state index contributed by atoms with van der Waals surface area (Å²) in [6.07, 6.45) is 3.16. The summed E-state index contributed by atoms with van der Waals surface area (Å²) in [5.74, 6) is 1.31. The average molecular weight is 499 g/mol. The van der Waals surface area contributed by atoms with Crippen molar-refractivity contribution in [3.63, 3.8) is 0 Å². The second-order valence-electron chi connectivity index (χ2n) is 9.70. The van der Waals surface area contributed by atoms with Gasteiger partial charge in [-0.2, -0.15) is 4.98 Å². The minimum atomic E-state index is -0.246. The third kappa shape index (κ3) is 4.36. The maximum atomic E-state index is 13.0. The third-order valence-electron chi connectivity index (χ3n) is 7.66. The van der Waals surface area contributed by atoms with Crippen molar-refractivity contribution in [2.75, 3.05) is 19.7 Å². The molecule has 1 aliphatic carbocycles. The van der Waals surface area contributed by atoms with Crippen molar-refractivity contribution in [1.82, 2.24) is 20.4 Å². The van der Waals surface area contributed by atoms with Gasteiger partial charge in [-0.15, -0.1) is 0 Å². The Hall–Kier alpha value is -3.75. The number of fused-ring (bicyclic) bond motifs is 2. The second-order valence-corrected chi connectivity index (χ2v) is 9.70. The van der Waals surface area contributed by atoms with Crippen molar-refractivity contribution >= 4 is 5.91 Å². The number of hydrogen-bond donors (Lipinski definition) is 1. The number of nitrogens with one attached hydrogen (secondary N) is 1. The van der Waals surface area contributed by atoms with Crippen molar-refractivity contribution in [2.45, 2.75) is 43.9 Å². The zero-order valence-corrected chi connectivity index (χ0v) is 20.8. The molecule has 0 saturated carbocycles. The fourth-order valence-electron chi connectivity index (χ4n) is 5.94. The summed E-state index contributed by atoms with van der Waals surface area (Å²) in [5, 5.41) is 7.38. The minimum absolute atomic E-state index is 0.163. The monoisotopic (exact) mass is 498 g/mol. The van der Waals surface area contributed by atoms with E-state index < -0.39 is 0 Å². The smallest absolute Gasteiger partial charge is 0.287 e. The number of carbonyl (C=O) groups is 1. The maximum absolute atomic E-state index is 13.0. The molecule has 1 saturated heterocycles. The van der Waals surface area contributed by atoms with Crippen LogP contribution in [0.2, 0.25) is 0 Å². The van der Waals surface area contributed by atoms with Crippen LogP contribution in [0, 0.1) is 0 Å². The fourth-order valence-corrected chi connectivity index (χ4v) is 5.94. The first-order valence-electron chi connectivity index (χ1n) is 12.8. The van der Waals surface area contributed by atoms with Gasteiger partial charge in [0.1, 0.15) is 0 Å². The fraction of sp³-hybridized carbons (Fsp3) is 0.345. The summed E-state index contributed by atoms with van der Waals surface area (Å²) in [4.78, 5) is 19.9. The number of carbonyl (C=O) groups excluding carboxylic acids is 1. The normalized spacial score (nSPS) is 20.7. The van der Waals surface area contributed by atoms with Crippen molar-refractivity contribution in [3.8, 4) is 11.4 Å². The predicted octanol–water partition coefficient (Wildman–Crippen LogP) is 4.75. The second kappa shape index (κ2) is 9.95. The largest absolute Gasteiger partial charge is 0.459 e. The highest BCUT2D eigenvalue weighted by Crippen LogP contribution is 2.52. The molecule has 2 aliphatic rings. The summed E-state index contributed by atoms with van der Waals surface area (Å²) >= 11 is 0. The summed E-state index contributed by atoms with van der Waals surface area (Å²) in [6.45, 7) is 4.91. The van der Waals surface area contributed by atoms with E-state index in [-0.39, 0.29) is 23.5 Å². The van der Waals surface area contributed by atoms with Gasteiger partial charge in [-0.25, -0.2) is 0 Å². The molecule has 1 aliphatic heterocycles. The van der Waals surface area contributed by atoms with Crippen molar-refractivity contribution in [2.24, 2.45) is 0 Å². The molecule has 8 heteroatoms.